The van der Waals surface area contributed by atoms with Crippen LogP contribution in [0, 0.1) is 11.8 Å². The number of benzene rings is 2. The summed E-state index contributed by atoms with van der Waals surface area (Å²) in [7, 11) is 0. The zero-order valence-corrected chi connectivity index (χ0v) is 17.7. The van der Waals surface area contributed by atoms with Gasteiger partial charge < -0.3 is 19.7 Å². The number of phenols is 2. The molecule has 0 fully saturated rings. The first-order chi connectivity index (χ1) is 14.5. The zero-order valence-electron chi connectivity index (χ0n) is 17.7. The van der Waals surface area contributed by atoms with Crippen LogP contribution in [0.3, 0.4) is 0 Å². The molecule has 6 heteroatoms. The zero-order chi connectivity index (χ0) is 21.7. The molecule has 3 rings (SSSR count). The molecule has 2 aromatic rings. The maximum atomic E-state index is 10.2. The van der Waals surface area contributed by atoms with Gasteiger partial charge in [-0.15, -0.1) is 10.2 Å². The minimum absolute atomic E-state index is 0.144. The van der Waals surface area contributed by atoms with E-state index in [0.29, 0.717) is 41.7 Å². The van der Waals surface area contributed by atoms with E-state index in [-0.39, 0.29) is 17.4 Å². The molecule has 1 aliphatic rings. The molecule has 0 spiro atoms. The molecule has 0 radical (unpaired) electrons. The number of phenolic OH excluding ortho intramolecular Hbond substituents is 2. The van der Waals surface area contributed by atoms with Crippen LogP contribution in [-0.2, 0) is 0 Å². The third-order valence-electron chi connectivity index (χ3n) is 4.84. The van der Waals surface area contributed by atoms with Crippen LogP contribution in [0.1, 0.15) is 56.7 Å². The van der Waals surface area contributed by atoms with Gasteiger partial charge in [-0.1, -0.05) is 12.8 Å². The third kappa shape index (κ3) is 4.11. The Hall–Kier alpha value is -3.46. The SMILES string of the molecule is CC#CC1=NN=C(c2ccc(OCC)c(OCC)c2)c2cc(O)c(O)cc2[C@@H]1CC. The Morgan fingerprint density at radius 1 is 0.933 bits per heavy atom. The summed E-state index contributed by atoms with van der Waals surface area (Å²) in [5, 5.41) is 29.3. The largest absolute Gasteiger partial charge is 0.504 e. The Bertz CT molecular complexity index is 1060. The average molecular weight is 406 g/mol. The lowest BCUT2D eigenvalue weighted by molar-refractivity contribution is 0.288. The van der Waals surface area contributed by atoms with Crippen LogP contribution in [0.5, 0.6) is 23.0 Å². The molecule has 0 aromatic heterocycles. The van der Waals surface area contributed by atoms with Crippen molar-refractivity contribution in [3.63, 3.8) is 0 Å². The standard InChI is InChI=1S/C24H26N2O4/c1-5-9-19-16(6-2)17-13-20(27)21(28)14-18(17)24(26-25-19)15-10-11-22(29-7-3)23(12-15)30-8-4/h10-14,16,27-28H,6-8H2,1-4H3/t16-/m0/s1. The van der Waals surface area contributed by atoms with E-state index in [0.717, 1.165) is 17.5 Å². The summed E-state index contributed by atoms with van der Waals surface area (Å²) in [6, 6.07) is 8.68. The van der Waals surface area contributed by atoms with Gasteiger partial charge in [-0.2, -0.15) is 0 Å². The smallest absolute Gasteiger partial charge is 0.161 e. The van der Waals surface area contributed by atoms with Gasteiger partial charge in [-0.25, -0.2) is 0 Å². The minimum Gasteiger partial charge on any atom is -0.504 e. The maximum absolute atomic E-state index is 10.2. The van der Waals surface area contributed by atoms with Crippen LogP contribution in [-0.4, -0.2) is 34.9 Å². The first-order valence-corrected chi connectivity index (χ1v) is 10.1. The van der Waals surface area contributed by atoms with Crippen molar-refractivity contribution in [2.75, 3.05) is 13.2 Å². The van der Waals surface area contributed by atoms with Crippen LogP contribution in [0.15, 0.2) is 40.5 Å². The highest BCUT2D eigenvalue weighted by atomic mass is 16.5. The van der Waals surface area contributed by atoms with Gasteiger partial charge in [-0.3, -0.25) is 0 Å². The first kappa shape index (κ1) is 21.3. The predicted octanol–water partition coefficient (Wildman–Crippen LogP) is 4.62. The van der Waals surface area contributed by atoms with Crippen molar-refractivity contribution in [2.45, 2.75) is 40.0 Å². The number of ether oxygens (including phenoxy) is 2. The summed E-state index contributed by atoms with van der Waals surface area (Å²) in [5.74, 6) is 6.65. The van der Waals surface area contributed by atoms with Crippen molar-refractivity contribution >= 4 is 11.4 Å². The fourth-order valence-corrected chi connectivity index (χ4v) is 3.53. The van der Waals surface area contributed by atoms with E-state index in [1.165, 1.54) is 6.07 Å². The number of rotatable bonds is 6. The van der Waals surface area contributed by atoms with E-state index in [4.69, 9.17) is 9.47 Å². The number of hydrogen-bond acceptors (Lipinski definition) is 6. The Morgan fingerprint density at radius 2 is 1.63 bits per heavy atom. The predicted molar refractivity (Wildman–Crippen MR) is 118 cm³/mol. The second-order valence-corrected chi connectivity index (χ2v) is 6.73. The fourth-order valence-electron chi connectivity index (χ4n) is 3.53. The molecule has 30 heavy (non-hydrogen) atoms. The van der Waals surface area contributed by atoms with Crippen LogP contribution < -0.4 is 9.47 Å². The average Bonchev–Trinajstić information content (AvgIpc) is 2.87. The molecular formula is C24H26N2O4. The molecular weight excluding hydrogens is 380 g/mol. The van der Waals surface area contributed by atoms with Crippen molar-refractivity contribution in [1.82, 2.24) is 0 Å². The van der Waals surface area contributed by atoms with Gasteiger partial charge in [0.05, 0.1) is 13.2 Å². The summed E-state index contributed by atoms with van der Waals surface area (Å²) in [4.78, 5) is 0. The normalized spacial score (nSPS) is 15.1. The highest BCUT2D eigenvalue weighted by Gasteiger charge is 2.27. The highest BCUT2D eigenvalue weighted by Crippen LogP contribution is 2.38. The van der Waals surface area contributed by atoms with E-state index < -0.39 is 0 Å². The molecule has 1 heterocycles. The summed E-state index contributed by atoms with van der Waals surface area (Å²) < 4.78 is 11.4. The van der Waals surface area contributed by atoms with Gasteiger partial charge in [0.15, 0.2) is 23.0 Å². The molecule has 6 nitrogen and oxygen atoms in total. The topological polar surface area (TPSA) is 83.6 Å². The van der Waals surface area contributed by atoms with E-state index in [1.807, 2.05) is 39.0 Å². The van der Waals surface area contributed by atoms with Gasteiger partial charge in [0.2, 0.25) is 0 Å². The van der Waals surface area contributed by atoms with Gasteiger partial charge >= 0.3 is 0 Å². The van der Waals surface area contributed by atoms with Gasteiger partial charge in [-0.05, 0) is 69.0 Å². The Balaban J connectivity index is 2.24. The molecule has 0 saturated heterocycles. The maximum Gasteiger partial charge on any atom is 0.161 e. The van der Waals surface area contributed by atoms with Crippen molar-refractivity contribution < 1.29 is 19.7 Å². The molecule has 156 valence electrons. The Labute approximate surface area is 176 Å². The van der Waals surface area contributed by atoms with Crippen LogP contribution >= 0.6 is 0 Å². The molecule has 1 aliphatic heterocycles. The lowest BCUT2D eigenvalue weighted by atomic mass is 9.85. The molecule has 0 amide bonds. The second-order valence-electron chi connectivity index (χ2n) is 6.73. The third-order valence-corrected chi connectivity index (χ3v) is 4.84. The van der Waals surface area contributed by atoms with Gasteiger partial charge in [0, 0.05) is 17.0 Å². The second kappa shape index (κ2) is 9.36. The van der Waals surface area contributed by atoms with Crippen molar-refractivity contribution in [3.05, 3.63) is 47.0 Å². The van der Waals surface area contributed by atoms with Gasteiger partial charge in [0.25, 0.3) is 0 Å². The highest BCUT2D eigenvalue weighted by molar-refractivity contribution is 6.17. The summed E-state index contributed by atoms with van der Waals surface area (Å²) in [6.45, 7) is 8.63. The number of hydrogen-bond donors (Lipinski definition) is 2. The first-order valence-electron chi connectivity index (χ1n) is 10.1. The molecule has 2 aromatic carbocycles. The molecule has 2 N–H and O–H groups in total. The minimum atomic E-state index is -0.211. The Kier molecular flexibility index (Phi) is 6.63. The molecule has 0 aliphatic carbocycles. The van der Waals surface area contributed by atoms with Crippen molar-refractivity contribution in [2.24, 2.45) is 10.2 Å². The number of fused-ring (bicyclic) bond motifs is 1. The van der Waals surface area contributed by atoms with E-state index in [2.05, 4.69) is 22.0 Å². The summed E-state index contributed by atoms with van der Waals surface area (Å²) in [6.07, 6.45) is 0.723. The van der Waals surface area contributed by atoms with Gasteiger partial charge in [0.1, 0.15) is 11.4 Å². The Morgan fingerprint density at radius 3 is 2.30 bits per heavy atom. The molecule has 1 atom stereocenters. The number of aromatic hydroxyl groups is 2. The van der Waals surface area contributed by atoms with E-state index >= 15 is 0 Å². The summed E-state index contributed by atoms with van der Waals surface area (Å²) >= 11 is 0. The molecule has 0 unspecified atom stereocenters. The molecule has 0 saturated carbocycles. The van der Waals surface area contributed by atoms with Crippen LogP contribution in [0.4, 0.5) is 0 Å². The van der Waals surface area contributed by atoms with E-state index in [9.17, 15) is 10.2 Å². The molecule has 0 bridgehead atoms. The fraction of sp³-hybridized carbons (Fsp3) is 0.333. The lowest BCUT2D eigenvalue weighted by Gasteiger charge is -2.18. The van der Waals surface area contributed by atoms with E-state index in [1.54, 1.807) is 13.0 Å². The van der Waals surface area contributed by atoms with Crippen LogP contribution in [0.25, 0.3) is 0 Å². The summed E-state index contributed by atoms with van der Waals surface area (Å²) in [5.41, 5.74) is 3.46. The lowest BCUT2D eigenvalue weighted by Crippen LogP contribution is -2.13. The van der Waals surface area contributed by atoms with Crippen molar-refractivity contribution in [1.29, 1.82) is 0 Å². The quantitative estimate of drug-likeness (QED) is 0.542. The van der Waals surface area contributed by atoms with Crippen LogP contribution in [0.2, 0.25) is 0 Å². The monoisotopic (exact) mass is 406 g/mol. The van der Waals surface area contributed by atoms with Crippen molar-refractivity contribution in [3.8, 4) is 34.8 Å². The number of nitrogens with zero attached hydrogens (tertiary/aromatic N) is 2.